The summed E-state index contributed by atoms with van der Waals surface area (Å²) in [4.78, 5) is 37.5. The number of likely N-dealkylation sites (N-methyl/N-ethyl adjacent to an activating group) is 1. The van der Waals surface area contributed by atoms with E-state index in [1.165, 1.54) is 167 Å². The van der Waals surface area contributed by atoms with Crippen LogP contribution in [0.4, 0.5) is 0 Å². The summed E-state index contributed by atoms with van der Waals surface area (Å²) < 4.78 is 30.5. The number of phosphoric acid groups is 1. The molecule has 1 amide bonds. The summed E-state index contributed by atoms with van der Waals surface area (Å²) >= 11 is 0. The van der Waals surface area contributed by atoms with Crippen LogP contribution >= 0.6 is 7.82 Å². The number of phosphoric ester groups is 1. The molecule has 0 aliphatic rings. The predicted molar refractivity (Wildman–Crippen MR) is 305 cm³/mol. The van der Waals surface area contributed by atoms with Gasteiger partial charge in [-0.3, -0.25) is 18.6 Å². The maximum absolute atomic E-state index is 13.5. The Hall–Kier alpha value is -2.29. The summed E-state index contributed by atoms with van der Waals surface area (Å²) in [5, 5.41) is 3.03. The minimum absolute atomic E-state index is 0.0315. The van der Waals surface area contributed by atoms with Gasteiger partial charge in [0, 0.05) is 12.8 Å². The number of rotatable bonds is 53. The van der Waals surface area contributed by atoms with Gasteiger partial charge in [-0.05, 0) is 83.1 Å². The van der Waals surface area contributed by atoms with Crippen LogP contribution in [0.2, 0.25) is 0 Å². The summed E-state index contributed by atoms with van der Waals surface area (Å²) in [7, 11) is 1.47. The Bertz CT molecular complexity index is 1400. The first-order chi connectivity index (χ1) is 34.4. The van der Waals surface area contributed by atoms with Crippen LogP contribution in [0.25, 0.3) is 0 Å². The van der Waals surface area contributed by atoms with E-state index in [0.29, 0.717) is 23.9 Å². The van der Waals surface area contributed by atoms with Crippen molar-refractivity contribution in [2.75, 3.05) is 40.9 Å². The maximum atomic E-state index is 13.5. The highest BCUT2D eigenvalue weighted by Gasteiger charge is 2.30. The Kier molecular flexibility index (Phi) is 49.6. The fraction of sp³-hybridized carbons (Fsp3) is 0.803. The first-order valence-corrected chi connectivity index (χ1v) is 31.1. The van der Waals surface area contributed by atoms with Crippen LogP contribution in [0.15, 0.2) is 60.8 Å². The monoisotopic (exact) mass is 1020 g/mol. The number of hydrogen-bond donors (Lipinski definition) is 2. The van der Waals surface area contributed by atoms with E-state index in [9.17, 15) is 19.0 Å². The molecule has 10 heteroatoms. The van der Waals surface area contributed by atoms with Gasteiger partial charge in [0.05, 0.1) is 33.8 Å². The van der Waals surface area contributed by atoms with Crippen molar-refractivity contribution in [3.63, 3.8) is 0 Å². The number of carbonyl (C=O) groups is 2. The molecule has 0 radical (unpaired) electrons. The molecular weight excluding hydrogens is 904 g/mol. The van der Waals surface area contributed by atoms with E-state index in [1.807, 2.05) is 39.4 Å². The summed E-state index contributed by atoms with van der Waals surface area (Å²) in [5.41, 5.74) is 0. The molecule has 3 atom stereocenters. The standard InChI is InChI=1S/C61H113N2O7P/c1-7-10-13-16-19-22-25-27-28-29-30-31-32-33-34-36-38-41-44-47-50-53-60(64)62-58(57-69-71(66,67)68-56-55-63(4,5)6)59(52-49-46-43-40-37-24-21-18-15-12-9-3)70-61(65)54-51-48-45-42-39-35-26-23-20-17-14-11-8-2/h19,22,27-28,35,39,45,48-49,52,58-59H,7-18,20-21,23-26,29-34,36-38,40-44,46-47,50-51,53-57H2,1-6H3,(H-,62,64,66,67)/p+1/b22-19-,28-27-,39-35-,48-45+,52-49-. The number of carbonyl (C=O) groups excluding carboxylic acids is 2. The van der Waals surface area contributed by atoms with E-state index in [2.05, 4.69) is 68.6 Å². The summed E-state index contributed by atoms with van der Waals surface area (Å²) in [6.45, 7) is 6.94. The number of nitrogens with one attached hydrogen (secondary N) is 1. The number of esters is 1. The van der Waals surface area contributed by atoms with Gasteiger partial charge in [0.2, 0.25) is 5.91 Å². The number of allylic oxidation sites excluding steroid dienone is 9. The molecule has 0 aromatic heterocycles. The number of nitrogens with zero attached hydrogens (tertiary/aromatic N) is 1. The molecular formula is C61H114N2O7P+. The highest BCUT2D eigenvalue weighted by atomic mass is 31.2. The highest BCUT2D eigenvalue weighted by Crippen LogP contribution is 2.43. The van der Waals surface area contributed by atoms with Crippen molar-refractivity contribution >= 4 is 19.7 Å². The largest absolute Gasteiger partial charge is 0.472 e. The Labute approximate surface area is 439 Å². The van der Waals surface area contributed by atoms with E-state index in [-0.39, 0.29) is 25.5 Å². The minimum atomic E-state index is -4.45. The van der Waals surface area contributed by atoms with Crippen molar-refractivity contribution in [2.45, 2.75) is 277 Å². The van der Waals surface area contributed by atoms with Gasteiger partial charge < -0.3 is 19.4 Å². The predicted octanol–water partition coefficient (Wildman–Crippen LogP) is 17.9. The number of quaternary nitrogens is 1. The number of amides is 1. The number of ether oxygens (including phenoxy) is 1. The molecule has 71 heavy (non-hydrogen) atoms. The summed E-state index contributed by atoms with van der Waals surface area (Å²) in [5.74, 6) is -0.584. The Morgan fingerprint density at radius 1 is 0.493 bits per heavy atom. The van der Waals surface area contributed by atoms with Crippen LogP contribution in [0.1, 0.15) is 265 Å². The Balaban J connectivity index is 5.26. The molecule has 0 spiro atoms. The third kappa shape index (κ3) is 52.4. The second kappa shape index (κ2) is 51.2. The zero-order valence-electron chi connectivity index (χ0n) is 47.2. The van der Waals surface area contributed by atoms with Gasteiger partial charge in [-0.2, -0.15) is 0 Å². The molecule has 0 aliphatic heterocycles. The molecule has 0 saturated carbocycles. The SMILES string of the molecule is CCCCC/C=C\C/C=C\CCCCCCCCCCCCCC(=O)NC(COP(=O)(O)OCC[N+](C)(C)C)C(/C=C\CCCCCCCCCCC)OC(=O)CC/C=C/C/C=C\CCCCCCCC. The van der Waals surface area contributed by atoms with Gasteiger partial charge in [0.1, 0.15) is 19.3 Å². The second-order valence-corrected chi connectivity index (χ2v) is 22.6. The van der Waals surface area contributed by atoms with Gasteiger partial charge in [-0.15, -0.1) is 0 Å². The van der Waals surface area contributed by atoms with E-state index >= 15 is 0 Å². The van der Waals surface area contributed by atoms with Crippen molar-refractivity contribution < 1.29 is 37.3 Å². The van der Waals surface area contributed by atoms with Gasteiger partial charge in [-0.25, -0.2) is 4.57 Å². The van der Waals surface area contributed by atoms with Crippen molar-refractivity contribution in [1.82, 2.24) is 5.32 Å². The Morgan fingerprint density at radius 2 is 0.873 bits per heavy atom. The van der Waals surface area contributed by atoms with Gasteiger partial charge in [0.15, 0.2) is 0 Å². The van der Waals surface area contributed by atoms with E-state index < -0.39 is 25.9 Å². The third-order valence-electron chi connectivity index (χ3n) is 12.9. The lowest BCUT2D eigenvalue weighted by Crippen LogP contribution is -2.47. The highest BCUT2D eigenvalue weighted by molar-refractivity contribution is 7.47. The normalized spacial score (nSPS) is 14.2. The molecule has 2 N–H and O–H groups in total. The van der Waals surface area contributed by atoms with Crippen molar-refractivity contribution in [3.8, 4) is 0 Å². The van der Waals surface area contributed by atoms with Crippen molar-refractivity contribution in [3.05, 3.63) is 60.8 Å². The molecule has 9 nitrogen and oxygen atoms in total. The van der Waals surface area contributed by atoms with E-state index in [0.717, 1.165) is 57.8 Å². The smallest absolute Gasteiger partial charge is 0.456 e. The molecule has 0 aliphatic carbocycles. The van der Waals surface area contributed by atoms with Crippen LogP contribution < -0.4 is 5.32 Å². The molecule has 0 aromatic carbocycles. The second-order valence-electron chi connectivity index (χ2n) is 21.2. The topological polar surface area (TPSA) is 111 Å². The Morgan fingerprint density at radius 3 is 1.32 bits per heavy atom. The molecule has 0 rings (SSSR count). The lowest BCUT2D eigenvalue weighted by molar-refractivity contribution is -0.870. The van der Waals surface area contributed by atoms with Crippen LogP contribution in [0, 0.1) is 0 Å². The quantitative estimate of drug-likeness (QED) is 0.0205. The average Bonchev–Trinajstić information content (AvgIpc) is 3.33. The molecule has 0 fully saturated rings. The third-order valence-corrected chi connectivity index (χ3v) is 13.9. The molecule has 0 aromatic rings. The molecule has 0 heterocycles. The zero-order chi connectivity index (χ0) is 52.2. The summed E-state index contributed by atoms with van der Waals surface area (Å²) in [6, 6.07) is -0.871. The van der Waals surface area contributed by atoms with Gasteiger partial charge in [-0.1, -0.05) is 230 Å². The van der Waals surface area contributed by atoms with Crippen LogP contribution in [-0.2, 0) is 27.9 Å². The average molecular weight is 1020 g/mol. The lowest BCUT2D eigenvalue weighted by Gasteiger charge is -2.27. The molecule has 3 unspecified atom stereocenters. The van der Waals surface area contributed by atoms with Crippen molar-refractivity contribution in [2.24, 2.45) is 0 Å². The number of hydrogen-bond acceptors (Lipinski definition) is 6. The van der Waals surface area contributed by atoms with Gasteiger partial charge in [0.25, 0.3) is 0 Å². The van der Waals surface area contributed by atoms with Crippen LogP contribution in [0.5, 0.6) is 0 Å². The maximum Gasteiger partial charge on any atom is 0.472 e. The van der Waals surface area contributed by atoms with Gasteiger partial charge >= 0.3 is 13.8 Å². The first-order valence-electron chi connectivity index (χ1n) is 29.6. The van der Waals surface area contributed by atoms with Crippen LogP contribution in [0.3, 0.4) is 0 Å². The molecule has 0 saturated heterocycles. The van der Waals surface area contributed by atoms with Crippen LogP contribution in [-0.4, -0.2) is 74.3 Å². The van der Waals surface area contributed by atoms with E-state index in [4.69, 9.17) is 13.8 Å². The fourth-order valence-corrected chi connectivity index (χ4v) is 9.05. The lowest BCUT2D eigenvalue weighted by atomic mass is 10.0. The first kappa shape index (κ1) is 68.7. The zero-order valence-corrected chi connectivity index (χ0v) is 48.1. The molecule has 0 bridgehead atoms. The minimum Gasteiger partial charge on any atom is -0.456 e. The van der Waals surface area contributed by atoms with Crippen molar-refractivity contribution in [1.29, 1.82) is 0 Å². The summed E-state index contributed by atoms with van der Waals surface area (Å²) in [6.07, 6.45) is 63.8. The number of unbranched alkanes of at least 4 members (excludes halogenated alkanes) is 29. The molecule has 414 valence electrons. The fourth-order valence-electron chi connectivity index (χ4n) is 8.32. The van der Waals surface area contributed by atoms with E-state index in [1.54, 1.807) is 0 Å².